The van der Waals surface area contributed by atoms with Gasteiger partial charge in [0.1, 0.15) is 12.7 Å². The number of aromatic nitrogens is 3. The molecule has 0 saturated heterocycles. The quantitative estimate of drug-likeness (QED) is 0.485. The zero-order valence-corrected chi connectivity index (χ0v) is 17.7. The third-order valence-corrected chi connectivity index (χ3v) is 4.55. The molecule has 0 unspecified atom stereocenters. The molecule has 2 aromatic carbocycles. The predicted octanol–water partition coefficient (Wildman–Crippen LogP) is 4.21. The van der Waals surface area contributed by atoms with Crippen LogP contribution in [0.25, 0.3) is 5.69 Å². The van der Waals surface area contributed by atoms with Gasteiger partial charge in [0, 0.05) is 11.4 Å². The van der Waals surface area contributed by atoms with E-state index in [4.69, 9.17) is 4.74 Å². The maximum atomic E-state index is 13.2. The molecule has 0 atom stereocenters. The number of alkyl halides is 3. The number of amides is 2. The molecule has 0 radical (unpaired) electrons. The van der Waals surface area contributed by atoms with Gasteiger partial charge in [-0.1, -0.05) is 6.07 Å². The summed E-state index contributed by atoms with van der Waals surface area (Å²) in [4.78, 5) is 28.0. The van der Waals surface area contributed by atoms with Crippen LogP contribution in [0.1, 0.15) is 18.1 Å². The van der Waals surface area contributed by atoms with Crippen molar-refractivity contribution in [2.45, 2.75) is 20.0 Å². The van der Waals surface area contributed by atoms with Crippen LogP contribution in [0.5, 0.6) is 0 Å². The number of benzene rings is 2. The minimum atomic E-state index is -4.58. The molecule has 0 bridgehead atoms. The standard InChI is InChI=1S/C21H21F3N6O3/c1-3-33-20(32)29-16-6-4-5-15(13(16)2)26-10-19(31)28-17-9-14(21(22,23)24)7-8-18(17)30-12-25-11-27-30/h4-9,11-12,26H,3,10H2,1-2H3,(H,28,31)(H,29,32). The minimum Gasteiger partial charge on any atom is -0.450 e. The van der Waals surface area contributed by atoms with Gasteiger partial charge in [-0.25, -0.2) is 14.5 Å². The molecular weight excluding hydrogens is 441 g/mol. The summed E-state index contributed by atoms with van der Waals surface area (Å²) in [6, 6.07) is 7.98. The van der Waals surface area contributed by atoms with Crippen LogP contribution in [0, 0.1) is 6.92 Å². The van der Waals surface area contributed by atoms with Crippen LogP contribution in [0.15, 0.2) is 49.1 Å². The lowest BCUT2D eigenvalue weighted by Crippen LogP contribution is -2.23. The summed E-state index contributed by atoms with van der Waals surface area (Å²) in [5, 5.41) is 11.9. The summed E-state index contributed by atoms with van der Waals surface area (Å²) >= 11 is 0. The molecule has 12 heteroatoms. The second kappa shape index (κ2) is 10.0. The lowest BCUT2D eigenvalue weighted by Gasteiger charge is -2.16. The van der Waals surface area contributed by atoms with Crippen molar-refractivity contribution in [3.05, 3.63) is 60.2 Å². The van der Waals surface area contributed by atoms with Gasteiger partial charge in [0.2, 0.25) is 5.91 Å². The second-order valence-corrected chi connectivity index (χ2v) is 6.80. The maximum Gasteiger partial charge on any atom is 0.416 e. The Labute approximate surface area is 187 Å². The van der Waals surface area contributed by atoms with Crippen molar-refractivity contribution < 1.29 is 27.5 Å². The highest BCUT2D eigenvalue weighted by molar-refractivity contribution is 5.96. The van der Waals surface area contributed by atoms with Crippen molar-refractivity contribution in [3.63, 3.8) is 0 Å². The lowest BCUT2D eigenvalue weighted by atomic mass is 10.1. The van der Waals surface area contributed by atoms with E-state index < -0.39 is 23.7 Å². The number of hydrogen-bond acceptors (Lipinski definition) is 6. The van der Waals surface area contributed by atoms with E-state index in [0.717, 1.165) is 12.1 Å². The summed E-state index contributed by atoms with van der Waals surface area (Å²) in [5.74, 6) is -0.584. The highest BCUT2D eigenvalue weighted by atomic mass is 19.4. The van der Waals surface area contributed by atoms with Crippen molar-refractivity contribution in [2.24, 2.45) is 0 Å². The molecule has 0 aliphatic heterocycles. The topological polar surface area (TPSA) is 110 Å². The van der Waals surface area contributed by atoms with Gasteiger partial charge in [0.05, 0.1) is 30.1 Å². The first-order valence-corrected chi connectivity index (χ1v) is 9.82. The van der Waals surface area contributed by atoms with Crippen LogP contribution < -0.4 is 16.0 Å². The van der Waals surface area contributed by atoms with Gasteiger partial charge >= 0.3 is 12.3 Å². The second-order valence-electron chi connectivity index (χ2n) is 6.80. The molecular formula is C21H21F3N6O3. The number of anilines is 3. The molecule has 0 spiro atoms. The fourth-order valence-corrected chi connectivity index (χ4v) is 2.95. The van der Waals surface area contributed by atoms with Crippen LogP contribution in [0.3, 0.4) is 0 Å². The van der Waals surface area contributed by atoms with Gasteiger partial charge in [0.15, 0.2) is 0 Å². The Balaban J connectivity index is 1.74. The monoisotopic (exact) mass is 462 g/mol. The summed E-state index contributed by atoms with van der Waals surface area (Å²) in [7, 11) is 0. The van der Waals surface area contributed by atoms with Crippen molar-refractivity contribution >= 4 is 29.1 Å². The average molecular weight is 462 g/mol. The molecule has 33 heavy (non-hydrogen) atoms. The van der Waals surface area contributed by atoms with E-state index in [1.807, 2.05) is 0 Å². The summed E-state index contributed by atoms with van der Waals surface area (Å²) < 4.78 is 45.6. The van der Waals surface area contributed by atoms with E-state index in [9.17, 15) is 22.8 Å². The van der Waals surface area contributed by atoms with Gasteiger partial charge in [-0.05, 0) is 49.7 Å². The molecule has 3 rings (SSSR count). The van der Waals surface area contributed by atoms with E-state index in [-0.39, 0.29) is 24.5 Å². The molecule has 3 N–H and O–H groups in total. The van der Waals surface area contributed by atoms with E-state index in [1.54, 1.807) is 32.0 Å². The number of carbonyl (C=O) groups is 2. The molecule has 3 aromatic rings. The zero-order valence-electron chi connectivity index (χ0n) is 17.7. The number of ether oxygens (including phenoxy) is 1. The van der Waals surface area contributed by atoms with E-state index in [1.165, 1.54) is 23.4 Å². The Bertz CT molecular complexity index is 1130. The van der Waals surface area contributed by atoms with E-state index in [2.05, 4.69) is 26.0 Å². The Morgan fingerprint density at radius 1 is 1.09 bits per heavy atom. The first-order chi connectivity index (χ1) is 15.7. The average Bonchev–Trinajstić information content (AvgIpc) is 3.28. The minimum absolute atomic E-state index is 0.0726. The zero-order chi connectivity index (χ0) is 24.0. The van der Waals surface area contributed by atoms with Gasteiger partial charge in [-0.2, -0.15) is 18.3 Å². The molecule has 2 amide bonds. The number of carbonyl (C=O) groups excluding carboxylic acids is 2. The van der Waals surface area contributed by atoms with Crippen molar-refractivity contribution in [2.75, 3.05) is 29.1 Å². The van der Waals surface area contributed by atoms with Gasteiger partial charge in [0.25, 0.3) is 0 Å². The Morgan fingerprint density at radius 2 is 1.85 bits per heavy atom. The third-order valence-electron chi connectivity index (χ3n) is 4.55. The van der Waals surface area contributed by atoms with Crippen molar-refractivity contribution in [1.29, 1.82) is 0 Å². The molecule has 0 aliphatic carbocycles. The number of halogens is 3. The van der Waals surface area contributed by atoms with Crippen LogP contribution >= 0.6 is 0 Å². The number of nitrogens with one attached hydrogen (secondary N) is 3. The smallest absolute Gasteiger partial charge is 0.416 e. The first-order valence-electron chi connectivity index (χ1n) is 9.82. The van der Waals surface area contributed by atoms with Crippen LogP contribution in [-0.4, -0.2) is 39.9 Å². The highest BCUT2D eigenvalue weighted by Gasteiger charge is 2.31. The first kappa shape index (κ1) is 23.6. The molecule has 1 aromatic heterocycles. The fourth-order valence-electron chi connectivity index (χ4n) is 2.95. The molecule has 1 heterocycles. The molecule has 0 fully saturated rings. The number of rotatable bonds is 7. The number of nitrogens with zero attached hydrogens (tertiary/aromatic N) is 3. The van der Waals surface area contributed by atoms with Gasteiger partial charge in [-0.15, -0.1) is 0 Å². The summed E-state index contributed by atoms with van der Waals surface area (Å²) in [5.41, 5.74) is 0.941. The Morgan fingerprint density at radius 3 is 2.52 bits per heavy atom. The highest BCUT2D eigenvalue weighted by Crippen LogP contribution is 2.33. The van der Waals surface area contributed by atoms with Gasteiger partial charge in [-0.3, -0.25) is 10.1 Å². The lowest BCUT2D eigenvalue weighted by molar-refractivity contribution is -0.137. The largest absolute Gasteiger partial charge is 0.450 e. The van der Waals surface area contributed by atoms with E-state index in [0.29, 0.717) is 16.9 Å². The van der Waals surface area contributed by atoms with Crippen LogP contribution in [-0.2, 0) is 15.7 Å². The van der Waals surface area contributed by atoms with Crippen molar-refractivity contribution in [1.82, 2.24) is 14.8 Å². The fraction of sp³-hybridized carbons (Fsp3) is 0.238. The Kier molecular flexibility index (Phi) is 7.16. The van der Waals surface area contributed by atoms with Crippen LogP contribution in [0.4, 0.5) is 35.0 Å². The molecule has 0 saturated carbocycles. The SMILES string of the molecule is CCOC(=O)Nc1cccc(NCC(=O)Nc2cc(C(F)(F)F)ccc2-n2cncn2)c1C. The number of hydrogen-bond donors (Lipinski definition) is 3. The van der Waals surface area contributed by atoms with Crippen molar-refractivity contribution in [3.8, 4) is 5.69 Å². The van der Waals surface area contributed by atoms with Crippen LogP contribution in [0.2, 0.25) is 0 Å². The molecule has 9 nitrogen and oxygen atoms in total. The van der Waals surface area contributed by atoms with Gasteiger partial charge < -0.3 is 15.4 Å². The summed E-state index contributed by atoms with van der Waals surface area (Å²) in [6.45, 7) is 3.39. The molecule has 0 aliphatic rings. The van der Waals surface area contributed by atoms with E-state index >= 15 is 0 Å². The normalized spacial score (nSPS) is 11.1. The Hall–Kier alpha value is -4.09. The molecule has 174 valence electrons. The predicted molar refractivity (Wildman–Crippen MR) is 115 cm³/mol. The maximum absolute atomic E-state index is 13.2. The summed E-state index contributed by atoms with van der Waals surface area (Å²) in [6.07, 6.45) is -2.66. The third kappa shape index (κ3) is 5.99.